The van der Waals surface area contributed by atoms with Crippen molar-refractivity contribution >= 4 is 0 Å². The summed E-state index contributed by atoms with van der Waals surface area (Å²) < 4.78 is 45.5. The third-order valence-electron chi connectivity index (χ3n) is 4.60. The van der Waals surface area contributed by atoms with Crippen molar-refractivity contribution in [3.8, 4) is 0 Å². The first kappa shape index (κ1) is 15.6. The van der Waals surface area contributed by atoms with Gasteiger partial charge in [-0.2, -0.15) is 17.9 Å². The summed E-state index contributed by atoms with van der Waals surface area (Å²) in [6, 6.07) is -0.114. The molecule has 124 valence electrons. The lowest BCUT2D eigenvalue weighted by molar-refractivity contribution is -0.176. The highest BCUT2D eigenvalue weighted by Crippen LogP contribution is 2.33. The summed E-state index contributed by atoms with van der Waals surface area (Å²) in [6.07, 6.45) is -0.710. The lowest BCUT2D eigenvalue weighted by Crippen LogP contribution is -2.50. The van der Waals surface area contributed by atoms with Crippen molar-refractivity contribution in [1.29, 1.82) is 0 Å². The molecule has 2 saturated heterocycles. The van der Waals surface area contributed by atoms with E-state index in [4.69, 9.17) is 4.52 Å². The van der Waals surface area contributed by atoms with Gasteiger partial charge in [0.05, 0.1) is 6.04 Å². The molecule has 2 aliphatic heterocycles. The molecule has 0 saturated carbocycles. The van der Waals surface area contributed by atoms with Crippen molar-refractivity contribution < 1.29 is 17.7 Å². The topological polar surface area (TPSA) is 50.4 Å². The molecule has 3 atom stereocenters. The first-order valence-corrected chi connectivity index (χ1v) is 7.66. The Morgan fingerprint density at radius 3 is 2.86 bits per heavy atom. The number of rotatable bonds is 3. The molecule has 1 aromatic heterocycles. The predicted molar refractivity (Wildman–Crippen MR) is 73.7 cm³/mol. The zero-order valence-electron chi connectivity index (χ0n) is 12.2. The maximum absolute atomic E-state index is 13.0. The summed E-state index contributed by atoms with van der Waals surface area (Å²) in [5.74, 6) is 0. The first-order chi connectivity index (χ1) is 10.4. The van der Waals surface area contributed by atoms with Crippen LogP contribution >= 0.6 is 0 Å². The lowest BCUT2D eigenvalue weighted by Gasteiger charge is -2.35. The fourth-order valence-corrected chi connectivity index (χ4v) is 3.58. The molecule has 3 rings (SSSR count). The maximum atomic E-state index is 13.0. The predicted octanol–water partition coefficient (Wildman–Crippen LogP) is 1.76. The number of aromatic nitrogens is 1. The molecule has 22 heavy (non-hydrogen) atoms. The summed E-state index contributed by atoms with van der Waals surface area (Å²) in [6.45, 7) is 1.51. The van der Waals surface area contributed by atoms with Crippen molar-refractivity contribution in [2.75, 3.05) is 19.6 Å². The molecule has 0 aromatic carbocycles. The largest absolute Gasteiger partial charge is 0.404 e. The van der Waals surface area contributed by atoms with E-state index < -0.39 is 12.2 Å². The van der Waals surface area contributed by atoms with Crippen LogP contribution in [0.3, 0.4) is 0 Å². The zero-order chi connectivity index (χ0) is 15.7. The molecule has 1 aromatic rings. The summed E-state index contributed by atoms with van der Waals surface area (Å²) in [7, 11) is 0. The number of halogens is 3. The Kier molecular flexibility index (Phi) is 4.31. The average Bonchev–Trinajstić information content (AvgIpc) is 3.07. The number of piperidine rings is 1. The van der Waals surface area contributed by atoms with Gasteiger partial charge in [0.15, 0.2) is 0 Å². The van der Waals surface area contributed by atoms with Crippen molar-refractivity contribution in [2.45, 2.75) is 50.0 Å². The quantitative estimate of drug-likeness (QED) is 0.922. The van der Waals surface area contributed by atoms with E-state index in [0.29, 0.717) is 32.5 Å². The summed E-state index contributed by atoms with van der Waals surface area (Å²) in [5.41, 5.74) is -0.194. The Morgan fingerprint density at radius 1 is 1.36 bits per heavy atom. The van der Waals surface area contributed by atoms with Crippen LogP contribution in [0.15, 0.2) is 21.6 Å². The monoisotopic (exact) mass is 319 g/mol. The van der Waals surface area contributed by atoms with Gasteiger partial charge >= 0.3 is 6.18 Å². The van der Waals surface area contributed by atoms with Gasteiger partial charge in [0, 0.05) is 18.7 Å². The molecular weight excluding hydrogens is 299 g/mol. The molecular formula is C14H20F3N3O2. The van der Waals surface area contributed by atoms with E-state index in [2.05, 4.69) is 5.32 Å². The molecule has 0 aliphatic carbocycles. The molecule has 0 bridgehead atoms. The van der Waals surface area contributed by atoms with Gasteiger partial charge in [0.2, 0.25) is 0 Å². The van der Waals surface area contributed by atoms with Crippen molar-refractivity contribution in [3.05, 3.63) is 22.7 Å². The van der Waals surface area contributed by atoms with Crippen LogP contribution in [0, 0.1) is 0 Å². The lowest BCUT2D eigenvalue weighted by atomic mass is 9.99. The SMILES string of the molecule is O=c1ccon1[C@H]1CCN[C@@H](CN2CCC[C@@H]2C(F)(F)F)C1. The highest BCUT2D eigenvalue weighted by molar-refractivity contribution is 4.91. The van der Waals surface area contributed by atoms with E-state index >= 15 is 0 Å². The van der Waals surface area contributed by atoms with Gasteiger partial charge in [0.25, 0.3) is 5.56 Å². The van der Waals surface area contributed by atoms with E-state index in [-0.39, 0.29) is 24.1 Å². The molecule has 3 heterocycles. The molecule has 1 N–H and O–H groups in total. The second kappa shape index (κ2) is 6.08. The molecule has 5 nitrogen and oxygen atoms in total. The van der Waals surface area contributed by atoms with Gasteiger partial charge in [-0.25, -0.2) is 0 Å². The van der Waals surface area contributed by atoms with Gasteiger partial charge in [0.1, 0.15) is 12.3 Å². The Bertz CT molecular complexity index is 554. The van der Waals surface area contributed by atoms with Crippen LogP contribution in [-0.4, -0.2) is 47.5 Å². The van der Waals surface area contributed by atoms with E-state index in [1.807, 2.05) is 0 Å². The smallest absolute Gasteiger partial charge is 0.384 e. The van der Waals surface area contributed by atoms with Crippen molar-refractivity contribution in [1.82, 2.24) is 15.0 Å². The minimum absolute atomic E-state index is 0.0568. The number of hydrogen-bond donors (Lipinski definition) is 1. The second-order valence-electron chi connectivity index (χ2n) is 6.10. The molecule has 0 radical (unpaired) electrons. The average molecular weight is 319 g/mol. The van der Waals surface area contributed by atoms with Crippen LogP contribution in [0.25, 0.3) is 0 Å². The summed E-state index contributed by atoms with van der Waals surface area (Å²) in [5, 5.41) is 3.26. The zero-order valence-corrected chi connectivity index (χ0v) is 12.2. The van der Waals surface area contributed by atoms with Gasteiger partial charge in [-0.15, -0.1) is 0 Å². The first-order valence-electron chi connectivity index (χ1n) is 7.66. The summed E-state index contributed by atoms with van der Waals surface area (Å²) >= 11 is 0. The fourth-order valence-electron chi connectivity index (χ4n) is 3.58. The normalized spacial score (nSPS) is 30.8. The number of alkyl halides is 3. The maximum Gasteiger partial charge on any atom is 0.404 e. The minimum atomic E-state index is -4.16. The van der Waals surface area contributed by atoms with E-state index in [9.17, 15) is 18.0 Å². The van der Waals surface area contributed by atoms with Crippen LogP contribution in [0.1, 0.15) is 31.7 Å². The fraction of sp³-hybridized carbons (Fsp3) is 0.786. The van der Waals surface area contributed by atoms with E-state index in [1.54, 1.807) is 0 Å². The Morgan fingerprint density at radius 2 is 2.18 bits per heavy atom. The van der Waals surface area contributed by atoms with Gasteiger partial charge in [-0.1, -0.05) is 0 Å². The van der Waals surface area contributed by atoms with Crippen molar-refractivity contribution in [3.63, 3.8) is 0 Å². The standard InChI is InChI=1S/C14H20F3N3O2/c15-14(16,17)12-2-1-6-19(12)9-10-8-11(3-5-18-10)20-13(21)4-7-22-20/h4,7,10-12,18H,1-3,5-6,8-9H2/t10-,11+,12-/m1/s1. The Balaban J connectivity index is 1.63. The Labute approximate surface area is 126 Å². The number of nitrogens with zero attached hydrogens (tertiary/aromatic N) is 2. The molecule has 2 fully saturated rings. The van der Waals surface area contributed by atoms with Crippen LogP contribution in [0.2, 0.25) is 0 Å². The molecule has 0 amide bonds. The van der Waals surface area contributed by atoms with Gasteiger partial charge in [-0.3, -0.25) is 9.69 Å². The van der Waals surface area contributed by atoms with Crippen LogP contribution in [0.5, 0.6) is 0 Å². The van der Waals surface area contributed by atoms with Gasteiger partial charge < -0.3 is 9.84 Å². The molecule has 8 heteroatoms. The van der Waals surface area contributed by atoms with Crippen LogP contribution in [0.4, 0.5) is 13.2 Å². The molecule has 0 unspecified atom stereocenters. The van der Waals surface area contributed by atoms with Crippen LogP contribution in [-0.2, 0) is 0 Å². The van der Waals surface area contributed by atoms with Crippen molar-refractivity contribution in [2.24, 2.45) is 0 Å². The van der Waals surface area contributed by atoms with E-state index in [0.717, 1.165) is 6.42 Å². The van der Waals surface area contributed by atoms with Crippen LogP contribution < -0.4 is 10.9 Å². The highest BCUT2D eigenvalue weighted by atomic mass is 19.4. The summed E-state index contributed by atoms with van der Waals surface area (Å²) in [4.78, 5) is 13.2. The number of likely N-dealkylation sites (tertiary alicyclic amines) is 1. The molecule has 0 spiro atoms. The van der Waals surface area contributed by atoms with E-state index in [1.165, 1.54) is 22.0 Å². The van der Waals surface area contributed by atoms with Gasteiger partial charge in [-0.05, 0) is 38.8 Å². The third-order valence-corrected chi connectivity index (χ3v) is 4.60. The molecule has 2 aliphatic rings. The highest BCUT2D eigenvalue weighted by Gasteiger charge is 2.46. The minimum Gasteiger partial charge on any atom is -0.384 e. The number of nitrogens with one attached hydrogen (secondary N) is 1. The number of hydrogen-bond acceptors (Lipinski definition) is 4. The third kappa shape index (κ3) is 3.22. The second-order valence-corrected chi connectivity index (χ2v) is 6.10. The Hall–Kier alpha value is -1.28.